The molecule has 0 radical (unpaired) electrons. The fourth-order valence-corrected chi connectivity index (χ4v) is 3.24. The van der Waals surface area contributed by atoms with Gasteiger partial charge in [0, 0.05) is 24.6 Å². The van der Waals surface area contributed by atoms with Crippen LogP contribution in [-0.2, 0) is 5.41 Å². The first-order valence-corrected chi connectivity index (χ1v) is 8.34. The second-order valence-corrected chi connectivity index (χ2v) is 7.97. The van der Waals surface area contributed by atoms with E-state index in [1.807, 2.05) is 6.07 Å². The number of hydrogen-bond donors (Lipinski definition) is 0. The Kier molecular flexibility index (Phi) is 4.73. The molecule has 0 saturated heterocycles. The average molecular weight is 340 g/mol. The molecule has 1 aliphatic rings. The summed E-state index contributed by atoms with van der Waals surface area (Å²) in [6.45, 7) is 8.82. The quantitative estimate of drug-likeness (QED) is 0.740. The predicted octanol–water partition coefficient (Wildman–Crippen LogP) is 4.55. The topological polar surface area (TPSA) is 29.0 Å². The summed E-state index contributed by atoms with van der Waals surface area (Å²) < 4.78 is 0.878. The minimum atomic E-state index is -0.0285. The maximum absolute atomic E-state index is 4.79. The summed E-state index contributed by atoms with van der Waals surface area (Å²) in [7, 11) is 2.17. The van der Waals surface area contributed by atoms with Gasteiger partial charge in [0.15, 0.2) is 0 Å². The standard InChI is InChI=1S/C16H26BrN3/c1-11-7-6-8-12(9-11)20(5)14-10-13(17)18-15(19-14)16(2,3)4/h10-12H,6-9H2,1-5H3. The van der Waals surface area contributed by atoms with Crippen molar-refractivity contribution in [3.63, 3.8) is 0 Å². The first kappa shape index (κ1) is 15.7. The summed E-state index contributed by atoms with van der Waals surface area (Å²) in [6, 6.07) is 2.64. The summed E-state index contributed by atoms with van der Waals surface area (Å²) in [5.41, 5.74) is -0.0285. The maximum Gasteiger partial charge on any atom is 0.137 e. The molecule has 0 amide bonds. The summed E-state index contributed by atoms with van der Waals surface area (Å²) in [5, 5.41) is 0. The Morgan fingerprint density at radius 3 is 2.55 bits per heavy atom. The van der Waals surface area contributed by atoms with Gasteiger partial charge in [-0.1, -0.05) is 40.5 Å². The molecule has 2 atom stereocenters. The number of anilines is 1. The second kappa shape index (κ2) is 6.00. The van der Waals surface area contributed by atoms with Crippen LogP contribution >= 0.6 is 15.9 Å². The molecule has 2 unspecified atom stereocenters. The molecule has 1 aromatic rings. The van der Waals surface area contributed by atoms with Crippen LogP contribution in [0.3, 0.4) is 0 Å². The van der Waals surface area contributed by atoms with Gasteiger partial charge < -0.3 is 4.90 Å². The first-order chi connectivity index (χ1) is 9.27. The van der Waals surface area contributed by atoms with Crippen molar-refractivity contribution in [2.75, 3.05) is 11.9 Å². The highest BCUT2D eigenvalue weighted by molar-refractivity contribution is 9.10. The number of aromatic nitrogens is 2. The van der Waals surface area contributed by atoms with E-state index in [0.29, 0.717) is 6.04 Å². The highest BCUT2D eigenvalue weighted by Gasteiger charge is 2.25. The zero-order valence-electron chi connectivity index (χ0n) is 13.3. The fraction of sp³-hybridized carbons (Fsp3) is 0.750. The molecule has 1 aromatic heterocycles. The van der Waals surface area contributed by atoms with E-state index >= 15 is 0 Å². The highest BCUT2D eigenvalue weighted by atomic mass is 79.9. The van der Waals surface area contributed by atoms with Crippen molar-refractivity contribution in [1.82, 2.24) is 9.97 Å². The minimum absolute atomic E-state index is 0.0285. The van der Waals surface area contributed by atoms with E-state index in [1.165, 1.54) is 25.7 Å². The Morgan fingerprint density at radius 2 is 1.95 bits per heavy atom. The van der Waals surface area contributed by atoms with Gasteiger partial charge in [-0.05, 0) is 34.7 Å². The van der Waals surface area contributed by atoms with Crippen molar-refractivity contribution in [3.05, 3.63) is 16.5 Å². The average Bonchev–Trinajstić information content (AvgIpc) is 2.36. The molecule has 0 bridgehead atoms. The molecule has 0 aliphatic heterocycles. The Balaban J connectivity index is 2.25. The number of rotatable bonds is 2. The molecule has 1 fully saturated rings. The smallest absolute Gasteiger partial charge is 0.137 e. The van der Waals surface area contributed by atoms with Crippen LogP contribution in [0, 0.1) is 5.92 Å². The van der Waals surface area contributed by atoms with Gasteiger partial charge in [-0.3, -0.25) is 0 Å². The zero-order valence-corrected chi connectivity index (χ0v) is 14.9. The summed E-state index contributed by atoms with van der Waals surface area (Å²) >= 11 is 3.53. The van der Waals surface area contributed by atoms with Crippen molar-refractivity contribution in [1.29, 1.82) is 0 Å². The lowest BCUT2D eigenvalue weighted by molar-refractivity contribution is 0.335. The Morgan fingerprint density at radius 1 is 1.25 bits per heavy atom. The van der Waals surface area contributed by atoms with Crippen LogP contribution in [-0.4, -0.2) is 23.1 Å². The maximum atomic E-state index is 4.79. The lowest BCUT2D eigenvalue weighted by atomic mass is 9.86. The zero-order chi connectivity index (χ0) is 14.9. The Bertz CT molecular complexity index is 467. The van der Waals surface area contributed by atoms with Crippen molar-refractivity contribution in [2.45, 2.75) is 64.8 Å². The number of nitrogens with zero attached hydrogens (tertiary/aromatic N) is 3. The van der Waals surface area contributed by atoms with E-state index in [9.17, 15) is 0 Å². The second-order valence-electron chi connectivity index (χ2n) is 7.16. The molecule has 1 saturated carbocycles. The minimum Gasteiger partial charge on any atom is -0.357 e. The van der Waals surface area contributed by atoms with Gasteiger partial charge in [-0.2, -0.15) is 0 Å². The monoisotopic (exact) mass is 339 g/mol. The third kappa shape index (κ3) is 3.72. The molecule has 1 heterocycles. The lowest BCUT2D eigenvalue weighted by Gasteiger charge is -2.35. The highest BCUT2D eigenvalue weighted by Crippen LogP contribution is 2.30. The Labute approximate surface area is 131 Å². The number of hydrogen-bond acceptors (Lipinski definition) is 3. The normalized spacial score (nSPS) is 23.7. The van der Waals surface area contributed by atoms with Crippen LogP contribution in [0.4, 0.5) is 5.82 Å². The van der Waals surface area contributed by atoms with Crippen LogP contribution in [0.1, 0.15) is 59.2 Å². The molecule has 20 heavy (non-hydrogen) atoms. The summed E-state index contributed by atoms with van der Waals surface area (Å²) in [4.78, 5) is 11.7. The summed E-state index contributed by atoms with van der Waals surface area (Å²) in [6.07, 6.45) is 5.23. The van der Waals surface area contributed by atoms with E-state index in [-0.39, 0.29) is 5.41 Å². The molecule has 3 nitrogen and oxygen atoms in total. The van der Waals surface area contributed by atoms with Gasteiger partial charge in [0.05, 0.1) is 0 Å². The molecular weight excluding hydrogens is 314 g/mol. The van der Waals surface area contributed by atoms with Crippen LogP contribution < -0.4 is 4.90 Å². The fourth-order valence-electron chi connectivity index (χ4n) is 2.86. The van der Waals surface area contributed by atoms with Crippen molar-refractivity contribution >= 4 is 21.7 Å². The number of halogens is 1. The Hall–Kier alpha value is -0.640. The molecular formula is C16H26BrN3. The van der Waals surface area contributed by atoms with Gasteiger partial charge in [0.2, 0.25) is 0 Å². The largest absolute Gasteiger partial charge is 0.357 e. The van der Waals surface area contributed by atoms with Crippen molar-refractivity contribution < 1.29 is 0 Å². The van der Waals surface area contributed by atoms with E-state index in [4.69, 9.17) is 4.98 Å². The molecule has 0 aromatic carbocycles. The van der Waals surface area contributed by atoms with Gasteiger partial charge in [0.1, 0.15) is 16.2 Å². The molecule has 4 heteroatoms. The van der Waals surface area contributed by atoms with Gasteiger partial charge in [-0.25, -0.2) is 9.97 Å². The third-order valence-electron chi connectivity index (χ3n) is 4.17. The van der Waals surface area contributed by atoms with E-state index < -0.39 is 0 Å². The lowest BCUT2D eigenvalue weighted by Crippen LogP contribution is -2.36. The molecule has 0 spiro atoms. The molecule has 1 aliphatic carbocycles. The predicted molar refractivity (Wildman–Crippen MR) is 88.3 cm³/mol. The van der Waals surface area contributed by atoms with Gasteiger partial charge in [0.25, 0.3) is 0 Å². The summed E-state index contributed by atoms with van der Waals surface area (Å²) in [5.74, 6) is 2.76. The van der Waals surface area contributed by atoms with E-state index in [2.05, 4.69) is 60.6 Å². The van der Waals surface area contributed by atoms with Crippen LogP contribution in [0.5, 0.6) is 0 Å². The first-order valence-electron chi connectivity index (χ1n) is 7.55. The SMILES string of the molecule is CC1CCCC(N(C)c2cc(Br)nc(C(C)(C)C)n2)C1. The molecule has 2 rings (SSSR count). The van der Waals surface area contributed by atoms with E-state index in [0.717, 1.165) is 22.2 Å². The van der Waals surface area contributed by atoms with E-state index in [1.54, 1.807) is 0 Å². The van der Waals surface area contributed by atoms with Crippen molar-refractivity contribution in [2.24, 2.45) is 5.92 Å². The van der Waals surface area contributed by atoms with Crippen molar-refractivity contribution in [3.8, 4) is 0 Å². The van der Waals surface area contributed by atoms with Gasteiger partial charge >= 0.3 is 0 Å². The third-order valence-corrected chi connectivity index (χ3v) is 4.58. The van der Waals surface area contributed by atoms with Gasteiger partial charge in [-0.15, -0.1) is 0 Å². The molecule has 112 valence electrons. The van der Waals surface area contributed by atoms with Crippen LogP contribution in [0.2, 0.25) is 0 Å². The van der Waals surface area contributed by atoms with Crippen LogP contribution in [0.15, 0.2) is 10.7 Å². The molecule has 0 N–H and O–H groups in total. The van der Waals surface area contributed by atoms with Crippen LogP contribution in [0.25, 0.3) is 0 Å².